The Hall–Kier alpha value is -2.79. The number of esters is 1. The van der Waals surface area contributed by atoms with Crippen molar-refractivity contribution in [1.82, 2.24) is 5.32 Å². The van der Waals surface area contributed by atoms with Crippen molar-refractivity contribution >= 4 is 34.4 Å². The van der Waals surface area contributed by atoms with Crippen LogP contribution in [0.25, 0.3) is 10.8 Å². The van der Waals surface area contributed by atoms with Crippen molar-refractivity contribution in [3.8, 4) is 0 Å². The van der Waals surface area contributed by atoms with Crippen molar-refractivity contribution in [2.45, 2.75) is 5.75 Å². The number of amides is 1. The second kappa shape index (κ2) is 9.78. The Bertz CT molecular complexity index is 912. The summed E-state index contributed by atoms with van der Waals surface area (Å²) in [5.74, 6) is 0.936. The lowest BCUT2D eigenvalue weighted by Gasteiger charge is -2.07. The van der Waals surface area contributed by atoms with E-state index in [1.165, 1.54) is 5.56 Å². The second-order valence-electron chi connectivity index (χ2n) is 6.03. The van der Waals surface area contributed by atoms with Crippen LogP contribution in [-0.2, 0) is 15.3 Å². The van der Waals surface area contributed by atoms with Crippen LogP contribution in [0.2, 0.25) is 0 Å². The molecule has 5 heteroatoms. The standard InChI is InChI=1S/C22H21NO3S/c24-21(23-12-13-27-16-17-6-2-1-3-7-17)15-26-22(25)20-11-10-18-8-4-5-9-19(18)14-20/h1-11,14H,12-13,15-16H2,(H,23,24). The first-order valence-corrected chi connectivity index (χ1v) is 9.92. The molecule has 0 aliphatic rings. The average Bonchev–Trinajstić information content (AvgIpc) is 2.72. The lowest BCUT2D eigenvalue weighted by molar-refractivity contribution is -0.124. The van der Waals surface area contributed by atoms with Crippen LogP contribution in [0.5, 0.6) is 0 Å². The number of carbonyl (C=O) groups excluding carboxylic acids is 2. The molecule has 0 radical (unpaired) electrons. The van der Waals surface area contributed by atoms with Gasteiger partial charge in [-0.25, -0.2) is 4.79 Å². The normalized spacial score (nSPS) is 10.5. The molecule has 1 amide bonds. The largest absolute Gasteiger partial charge is 0.452 e. The molecule has 0 saturated carbocycles. The molecule has 0 fully saturated rings. The summed E-state index contributed by atoms with van der Waals surface area (Å²) in [6.45, 7) is 0.277. The molecule has 0 aliphatic carbocycles. The van der Waals surface area contributed by atoms with Gasteiger partial charge in [0, 0.05) is 18.1 Å². The number of fused-ring (bicyclic) bond motifs is 1. The Morgan fingerprint density at radius 1 is 0.889 bits per heavy atom. The lowest BCUT2D eigenvalue weighted by Crippen LogP contribution is -2.30. The van der Waals surface area contributed by atoms with E-state index in [9.17, 15) is 9.59 Å². The number of ether oxygens (including phenoxy) is 1. The van der Waals surface area contributed by atoms with Crippen LogP contribution in [-0.4, -0.2) is 30.8 Å². The highest BCUT2D eigenvalue weighted by Gasteiger charge is 2.10. The molecule has 4 nitrogen and oxygen atoms in total. The number of carbonyl (C=O) groups is 2. The van der Waals surface area contributed by atoms with E-state index in [-0.39, 0.29) is 12.5 Å². The van der Waals surface area contributed by atoms with Gasteiger partial charge in [-0.1, -0.05) is 60.7 Å². The molecule has 1 N–H and O–H groups in total. The molecule has 3 aromatic carbocycles. The minimum Gasteiger partial charge on any atom is -0.452 e. The highest BCUT2D eigenvalue weighted by molar-refractivity contribution is 7.98. The Labute approximate surface area is 162 Å². The fourth-order valence-electron chi connectivity index (χ4n) is 2.61. The number of thioether (sulfide) groups is 1. The molecule has 0 spiro atoms. The molecule has 3 rings (SSSR count). The SMILES string of the molecule is O=C(COC(=O)c1ccc2ccccc2c1)NCCSCc1ccccc1. The molecule has 3 aromatic rings. The number of hydrogen-bond donors (Lipinski definition) is 1. The van der Waals surface area contributed by atoms with Crippen LogP contribution in [0.4, 0.5) is 0 Å². The number of benzene rings is 3. The van der Waals surface area contributed by atoms with E-state index < -0.39 is 5.97 Å². The van der Waals surface area contributed by atoms with Gasteiger partial charge in [-0.05, 0) is 28.5 Å². The molecule has 0 saturated heterocycles. The van der Waals surface area contributed by atoms with Crippen molar-refractivity contribution in [3.63, 3.8) is 0 Å². The summed E-state index contributed by atoms with van der Waals surface area (Å²) < 4.78 is 5.11. The van der Waals surface area contributed by atoms with E-state index in [0.717, 1.165) is 22.3 Å². The summed E-state index contributed by atoms with van der Waals surface area (Å²) in [5, 5.41) is 4.79. The fourth-order valence-corrected chi connectivity index (χ4v) is 3.43. The maximum atomic E-state index is 12.1. The minimum absolute atomic E-state index is 0.269. The minimum atomic E-state index is -0.491. The van der Waals surface area contributed by atoms with E-state index in [1.54, 1.807) is 23.9 Å². The van der Waals surface area contributed by atoms with Gasteiger partial charge in [0.25, 0.3) is 5.91 Å². The Morgan fingerprint density at radius 2 is 1.63 bits per heavy atom. The molecule has 27 heavy (non-hydrogen) atoms. The van der Waals surface area contributed by atoms with Gasteiger partial charge in [0.15, 0.2) is 6.61 Å². The monoisotopic (exact) mass is 379 g/mol. The molecule has 0 heterocycles. The van der Waals surface area contributed by atoms with Crippen LogP contribution in [0.3, 0.4) is 0 Å². The van der Waals surface area contributed by atoms with Gasteiger partial charge in [0.05, 0.1) is 5.56 Å². The van der Waals surface area contributed by atoms with Crippen molar-refractivity contribution in [2.24, 2.45) is 0 Å². The zero-order valence-corrected chi connectivity index (χ0v) is 15.7. The second-order valence-corrected chi connectivity index (χ2v) is 7.13. The Balaban J connectivity index is 1.36. The third-order valence-electron chi connectivity index (χ3n) is 4.00. The summed E-state index contributed by atoms with van der Waals surface area (Å²) in [6.07, 6.45) is 0. The molecule has 138 valence electrons. The number of nitrogens with one attached hydrogen (secondary N) is 1. The molecular formula is C22H21NO3S. The van der Waals surface area contributed by atoms with Crippen molar-refractivity contribution in [1.29, 1.82) is 0 Å². The molecule has 0 aliphatic heterocycles. The van der Waals surface area contributed by atoms with Crippen LogP contribution in [0.1, 0.15) is 15.9 Å². The summed E-state index contributed by atoms with van der Waals surface area (Å²) in [4.78, 5) is 23.9. The Morgan fingerprint density at radius 3 is 2.44 bits per heavy atom. The first-order valence-electron chi connectivity index (χ1n) is 8.77. The van der Waals surface area contributed by atoms with Crippen LogP contribution in [0, 0.1) is 0 Å². The summed E-state index contributed by atoms with van der Waals surface area (Å²) in [5.41, 5.74) is 1.71. The fraction of sp³-hybridized carbons (Fsp3) is 0.182. The smallest absolute Gasteiger partial charge is 0.338 e. The average molecular weight is 379 g/mol. The zero-order chi connectivity index (χ0) is 18.9. The lowest BCUT2D eigenvalue weighted by atomic mass is 10.1. The van der Waals surface area contributed by atoms with Crippen LogP contribution < -0.4 is 5.32 Å². The topological polar surface area (TPSA) is 55.4 Å². The van der Waals surface area contributed by atoms with E-state index in [0.29, 0.717) is 12.1 Å². The molecule has 0 atom stereocenters. The number of hydrogen-bond acceptors (Lipinski definition) is 4. The van der Waals surface area contributed by atoms with Gasteiger partial charge in [-0.15, -0.1) is 0 Å². The molecule has 0 bridgehead atoms. The third-order valence-corrected chi connectivity index (χ3v) is 5.03. The zero-order valence-electron chi connectivity index (χ0n) is 14.9. The van der Waals surface area contributed by atoms with Gasteiger partial charge in [-0.2, -0.15) is 11.8 Å². The summed E-state index contributed by atoms with van der Waals surface area (Å²) in [6, 6.07) is 23.3. The quantitative estimate of drug-likeness (QED) is 0.474. The maximum Gasteiger partial charge on any atom is 0.338 e. The van der Waals surface area contributed by atoms with E-state index in [2.05, 4.69) is 17.4 Å². The van der Waals surface area contributed by atoms with Crippen molar-refractivity contribution < 1.29 is 14.3 Å². The van der Waals surface area contributed by atoms with E-state index >= 15 is 0 Å². The highest BCUT2D eigenvalue weighted by atomic mass is 32.2. The first-order chi connectivity index (χ1) is 13.2. The van der Waals surface area contributed by atoms with Gasteiger partial charge in [0.1, 0.15) is 0 Å². The van der Waals surface area contributed by atoms with Gasteiger partial charge in [0.2, 0.25) is 0 Å². The van der Waals surface area contributed by atoms with E-state index in [1.807, 2.05) is 48.5 Å². The molecule has 0 aromatic heterocycles. The van der Waals surface area contributed by atoms with Crippen LogP contribution >= 0.6 is 11.8 Å². The van der Waals surface area contributed by atoms with Gasteiger partial charge < -0.3 is 10.1 Å². The van der Waals surface area contributed by atoms with E-state index in [4.69, 9.17) is 4.74 Å². The summed E-state index contributed by atoms with van der Waals surface area (Å²) in [7, 11) is 0. The first kappa shape index (κ1) is 19.0. The number of rotatable bonds is 8. The predicted octanol–water partition coefficient (Wildman–Crippen LogP) is 4.05. The maximum absolute atomic E-state index is 12.1. The molecule has 0 unspecified atom stereocenters. The highest BCUT2D eigenvalue weighted by Crippen LogP contribution is 2.16. The van der Waals surface area contributed by atoms with Gasteiger partial charge >= 0.3 is 5.97 Å². The Kier molecular flexibility index (Phi) is 6.88. The van der Waals surface area contributed by atoms with Gasteiger partial charge in [-0.3, -0.25) is 4.79 Å². The van der Waals surface area contributed by atoms with Crippen molar-refractivity contribution in [2.75, 3.05) is 18.9 Å². The third kappa shape index (κ3) is 5.86. The van der Waals surface area contributed by atoms with Crippen LogP contribution in [0.15, 0.2) is 72.8 Å². The molecular weight excluding hydrogens is 358 g/mol. The summed E-state index contributed by atoms with van der Waals surface area (Å²) >= 11 is 1.75. The predicted molar refractivity (Wildman–Crippen MR) is 110 cm³/mol. The van der Waals surface area contributed by atoms with Crippen molar-refractivity contribution in [3.05, 3.63) is 83.9 Å².